The van der Waals surface area contributed by atoms with E-state index in [1.54, 1.807) is 12.1 Å². The van der Waals surface area contributed by atoms with Crippen LogP contribution in [0.15, 0.2) is 30.3 Å². The number of carbonyl (C=O) groups is 1. The van der Waals surface area contributed by atoms with Gasteiger partial charge >= 0.3 is 5.97 Å². The molecule has 1 N–H and O–H groups in total. The van der Waals surface area contributed by atoms with Gasteiger partial charge in [0.15, 0.2) is 0 Å². The second kappa shape index (κ2) is 6.31. The molecule has 0 saturated heterocycles. The van der Waals surface area contributed by atoms with Gasteiger partial charge in [0, 0.05) is 17.9 Å². The Kier molecular flexibility index (Phi) is 4.47. The summed E-state index contributed by atoms with van der Waals surface area (Å²) < 4.78 is 2.19. The zero-order chi connectivity index (χ0) is 16.3. The highest BCUT2D eigenvalue weighted by Gasteiger charge is 2.09. The maximum atomic E-state index is 10.9. The fourth-order valence-electron chi connectivity index (χ4n) is 2.59. The van der Waals surface area contributed by atoms with Crippen molar-refractivity contribution >= 4 is 17.6 Å². The topological polar surface area (TPSA) is 66.0 Å². The van der Waals surface area contributed by atoms with E-state index >= 15 is 0 Å². The number of hydrogen-bond donors (Lipinski definition) is 1. The molecule has 4 nitrogen and oxygen atoms in total. The van der Waals surface area contributed by atoms with Crippen LogP contribution in [0.3, 0.4) is 0 Å². The minimum Gasteiger partial charge on any atom is -0.478 e. The van der Waals surface area contributed by atoms with Gasteiger partial charge in [0.25, 0.3) is 0 Å². The Morgan fingerprint density at radius 1 is 1.27 bits per heavy atom. The third kappa shape index (κ3) is 2.94. The smallest absolute Gasteiger partial charge is 0.335 e. The Hall–Kier alpha value is -2.80. The lowest BCUT2D eigenvalue weighted by Gasteiger charge is -2.05. The lowest BCUT2D eigenvalue weighted by atomic mass is 10.0. The zero-order valence-electron chi connectivity index (χ0n) is 12.9. The van der Waals surface area contributed by atoms with Crippen molar-refractivity contribution in [2.45, 2.75) is 27.3 Å². The molecule has 0 atom stereocenters. The number of rotatable bonds is 4. The van der Waals surface area contributed by atoms with Crippen LogP contribution in [0.2, 0.25) is 0 Å². The van der Waals surface area contributed by atoms with Gasteiger partial charge in [-0.25, -0.2) is 4.79 Å². The largest absolute Gasteiger partial charge is 0.478 e. The first-order chi connectivity index (χ1) is 10.5. The van der Waals surface area contributed by atoms with Gasteiger partial charge in [0.1, 0.15) is 0 Å². The van der Waals surface area contributed by atoms with Crippen molar-refractivity contribution in [1.29, 1.82) is 5.26 Å². The van der Waals surface area contributed by atoms with Crippen LogP contribution < -0.4 is 0 Å². The van der Waals surface area contributed by atoms with Crippen molar-refractivity contribution < 1.29 is 9.90 Å². The van der Waals surface area contributed by atoms with Crippen LogP contribution >= 0.6 is 0 Å². The molecule has 2 aromatic rings. The van der Waals surface area contributed by atoms with E-state index in [-0.39, 0.29) is 5.56 Å². The zero-order valence-corrected chi connectivity index (χ0v) is 12.9. The maximum Gasteiger partial charge on any atom is 0.335 e. The quantitative estimate of drug-likeness (QED) is 0.870. The van der Waals surface area contributed by atoms with Crippen LogP contribution in [0, 0.1) is 25.2 Å². The summed E-state index contributed by atoms with van der Waals surface area (Å²) in [4.78, 5) is 10.9. The molecule has 1 heterocycles. The molecule has 0 fully saturated rings. The van der Waals surface area contributed by atoms with E-state index in [9.17, 15) is 10.1 Å². The first kappa shape index (κ1) is 15.6. The molecular weight excluding hydrogens is 276 g/mol. The van der Waals surface area contributed by atoms with E-state index in [1.807, 2.05) is 19.9 Å². The predicted octanol–water partition coefficient (Wildman–Crippen LogP) is 3.89. The average molecular weight is 294 g/mol. The van der Waals surface area contributed by atoms with Gasteiger partial charge in [-0.05, 0) is 56.2 Å². The molecule has 0 amide bonds. The number of hydrogen-bond acceptors (Lipinski definition) is 2. The van der Waals surface area contributed by atoms with Crippen LogP contribution in [-0.4, -0.2) is 15.6 Å². The summed E-state index contributed by atoms with van der Waals surface area (Å²) in [5.41, 5.74) is 4.74. The van der Waals surface area contributed by atoms with Crippen molar-refractivity contribution in [3.05, 3.63) is 58.4 Å². The molecule has 0 unspecified atom stereocenters. The third-order valence-electron chi connectivity index (χ3n) is 3.79. The summed E-state index contributed by atoms with van der Waals surface area (Å²) in [5, 5.41) is 18.3. The fourth-order valence-corrected chi connectivity index (χ4v) is 2.59. The summed E-state index contributed by atoms with van der Waals surface area (Å²) in [5.74, 6) is -0.972. The van der Waals surface area contributed by atoms with E-state index in [0.717, 1.165) is 23.5 Å². The van der Waals surface area contributed by atoms with Crippen molar-refractivity contribution in [3.8, 4) is 6.07 Å². The SMILES string of the molecule is CCn1c(C)cc(/C=C(/C#N)c2ccc(C(=O)O)cc2)c1C. The average Bonchev–Trinajstić information content (AvgIpc) is 2.78. The molecular formula is C18H18N2O2. The molecule has 0 bridgehead atoms. The molecule has 4 heteroatoms. The number of aryl methyl sites for hydroxylation is 1. The van der Waals surface area contributed by atoms with Gasteiger partial charge in [-0.15, -0.1) is 0 Å². The second-order valence-corrected chi connectivity index (χ2v) is 5.12. The van der Waals surface area contributed by atoms with Gasteiger partial charge in [-0.3, -0.25) is 0 Å². The van der Waals surface area contributed by atoms with Crippen molar-refractivity contribution in [3.63, 3.8) is 0 Å². The van der Waals surface area contributed by atoms with E-state index in [1.165, 1.54) is 12.1 Å². The van der Waals surface area contributed by atoms with Crippen LogP contribution in [0.5, 0.6) is 0 Å². The molecule has 2 rings (SSSR count). The normalized spacial score (nSPS) is 11.3. The number of carboxylic acid groups (broad SMARTS) is 1. The summed E-state index contributed by atoms with van der Waals surface area (Å²) in [6.45, 7) is 7.05. The molecule has 0 aliphatic rings. The Morgan fingerprint density at radius 2 is 1.86 bits per heavy atom. The fraction of sp³-hybridized carbons (Fsp3) is 0.222. The van der Waals surface area contributed by atoms with Gasteiger partial charge in [0.05, 0.1) is 17.2 Å². The summed E-state index contributed by atoms with van der Waals surface area (Å²) >= 11 is 0. The van der Waals surface area contributed by atoms with Crippen LogP contribution in [0.4, 0.5) is 0 Å². The Morgan fingerprint density at radius 3 is 2.32 bits per heavy atom. The van der Waals surface area contributed by atoms with Crippen molar-refractivity contribution in [2.24, 2.45) is 0 Å². The van der Waals surface area contributed by atoms with Gasteiger partial charge in [-0.1, -0.05) is 12.1 Å². The first-order valence-corrected chi connectivity index (χ1v) is 7.10. The Labute approximate surface area is 129 Å². The monoisotopic (exact) mass is 294 g/mol. The number of aromatic nitrogens is 1. The van der Waals surface area contributed by atoms with Gasteiger partial charge in [-0.2, -0.15) is 5.26 Å². The number of nitrogens with zero attached hydrogens (tertiary/aromatic N) is 2. The highest BCUT2D eigenvalue weighted by atomic mass is 16.4. The predicted molar refractivity (Wildman–Crippen MR) is 86.5 cm³/mol. The number of nitriles is 1. The minimum absolute atomic E-state index is 0.213. The molecule has 0 saturated carbocycles. The number of carboxylic acids is 1. The lowest BCUT2D eigenvalue weighted by molar-refractivity contribution is 0.0697. The first-order valence-electron chi connectivity index (χ1n) is 7.10. The molecule has 22 heavy (non-hydrogen) atoms. The number of allylic oxidation sites excluding steroid dienone is 1. The summed E-state index contributed by atoms with van der Waals surface area (Å²) in [6.07, 6.45) is 1.85. The van der Waals surface area contributed by atoms with E-state index < -0.39 is 5.97 Å². The summed E-state index contributed by atoms with van der Waals surface area (Å²) in [7, 11) is 0. The molecule has 1 aromatic carbocycles. The Bertz CT molecular complexity index is 775. The molecule has 0 radical (unpaired) electrons. The Balaban J connectivity index is 2.44. The molecule has 0 aliphatic carbocycles. The minimum atomic E-state index is -0.972. The summed E-state index contributed by atoms with van der Waals surface area (Å²) in [6, 6.07) is 10.6. The number of aromatic carboxylic acids is 1. The van der Waals surface area contributed by atoms with Crippen molar-refractivity contribution in [1.82, 2.24) is 4.57 Å². The second-order valence-electron chi connectivity index (χ2n) is 5.12. The highest BCUT2D eigenvalue weighted by molar-refractivity contribution is 5.92. The van der Waals surface area contributed by atoms with E-state index in [2.05, 4.69) is 23.6 Å². The van der Waals surface area contributed by atoms with E-state index in [4.69, 9.17) is 5.11 Å². The van der Waals surface area contributed by atoms with E-state index in [0.29, 0.717) is 11.1 Å². The molecule has 1 aromatic heterocycles. The van der Waals surface area contributed by atoms with Crippen molar-refractivity contribution in [2.75, 3.05) is 0 Å². The maximum absolute atomic E-state index is 10.9. The standard InChI is InChI=1S/C18H18N2O2/c1-4-20-12(2)9-16(13(20)3)10-17(11-19)14-5-7-15(8-6-14)18(21)22/h5-10H,4H2,1-3H3,(H,21,22)/b17-10-. The molecule has 0 aliphatic heterocycles. The van der Waals surface area contributed by atoms with Crippen LogP contribution in [-0.2, 0) is 6.54 Å². The van der Waals surface area contributed by atoms with Crippen LogP contribution in [0.1, 0.15) is 39.8 Å². The third-order valence-corrected chi connectivity index (χ3v) is 3.79. The number of benzene rings is 1. The van der Waals surface area contributed by atoms with Crippen LogP contribution in [0.25, 0.3) is 11.6 Å². The lowest BCUT2D eigenvalue weighted by Crippen LogP contribution is -1.98. The highest BCUT2D eigenvalue weighted by Crippen LogP contribution is 2.22. The van der Waals surface area contributed by atoms with Gasteiger partial charge < -0.3 is 9.67 Å². The molecule has 0 spiro atoms. The van der Waals surface area contributed by atoms with Gasteiger partial charge in [0.2, 0.25) is 0 Å². The molecule has 112 valence electrons.